The van der Waals surface area contributed by atoms with Gasteiger partial charge in [0.05, 0.1) is 0 Å². The van der Waals surface area contributed by atoms with E-state index in [0.29, 0.717) is 0 Å². The SMILES string of the molecule is CN.[CH3-].[Db]. The summed E-state index contributed by atoms with van der Waals surface area (Å²) in [5.41, 5.74) is 4.50. The number of hydrogen-bond donors (Lipinski definition) is 1. The van der Waals surface area contributed by atoms with Crippen molar-refractivity contribution in [3.63, 3.8) is 0 Å². The van der Waals surface area contributed by atoms with Crippen LogP contribution in [-0.4, -0.2) is 7.05 Å². The van der Waals surface area contributed by atoms with Crippen LogP contribution in [0.2, 0.25) is 0 Å². The van der Waals surface area contributed by atoms with Gasteiger partial charge in [0.15, 0.2) is 0 Å². The quantitative estimate of drug-likeness (QED) is 0.627. The van der Waals surface area contributed by atoms with E-state index in [2.05, 4.69) is 5.73 Å². The smallest absolute Gasteiger partial charge is 0 e. The average Bonchev–Trinajstić information content (AvgIpc) is 1.00. The Balaban J connectivity index is -0.00000000500. The monoisotopic (exact) mass is 314 g/mol. The van der Waals surface area contributed by atoms with Gasteiger partial charge >= 0.3 is 0 Å². The van der Waals surface area contributed by atoms with Crippen LogP contribution in [0.15, 0.2) is 0 Å². The van der Waals surface area contributed by atoms with Crippen LogP contribution in [0.5, 0.6) is 0 Å². The molecule has 0 spiro atoms. The molecular weight excluding hydrogens is 306 g/mol. The molecule has 0 rings (SSSR count). The van der Waals surface area contributed by atoms with Crippen molar-refractivity contribution in [2.45, 2.75) is 0 Å². The second-order valence-corrected chi connectivity index (χ2v) is 0. The summed E-state index contributed by atoms with van der Waals surface area (Å²) in [6.07, 6.45) is 0. The molecule has 2 heteroatoms. The van der Waals surface area contributed by atoms with Crippen LogP contribution < -0.4 is 5.73 Å². The Bertz CT molecular complexity index is 6.00. The summed E-state index contributed by atoms with van der Waals surface area (Å²) in [6, 6.07) is 0. The molecule has 0 aliphatic rings. The van der Waals surface area contributed by atoms with E-state index in [1.54, 1.807) is 0 Å². The molecular formula is C2H8DbN-. The van der Waals surface area contributed by atoms with Gasteiger partial charge in [-0.15, -0.1) is 0 Å². The van der Waals surface area contributed by atoms with E-state index < -0.39 is 0 Å². The van der Waals surface area contributed by atoms with Crippen LogP contribution in [0, 0.1) is 7.43 Å². The molecule has 0 atom stereocenters. The largest absolute Gasteiger partial charge is 0.358 e. The zero-order chi connectivity index (χ0) is 2.00. The molecule has 0 aliphatic carbocycles. The Hall–Kier alpha value is -1.04. The van der Waals surface area contributed by atoms with Gasteiger partial charge in [-0.1, -0.05) is 0 Å². The maximum Gasteiger partial charge on any atom is 0 e. The van der Waals surface area contributed by atoms with Gasteiger partial charge < -0.3 is 13.2 Å². The third kappa shape index (κ3) is 0.00142. The van der Waals surface area contributed by atoms with E-state index in [-0.39, 0.29) is 7.43 Å². The Morgan fingerprint density at radius 2 is 1.25 bits per heavy atom. The van der Waals surface area contributed by atoms with Gasteiger partial charge in [-0.05, 0) is 7.05 Å². The second kappa shape index (κ2) is 1.67. The minimum atomic E-state index is 0. The average molecular weight is 314 g/mol. The first kappa shape index (κ1) is 7110. The minimum Gasteiger partial charge on any atom is -0.358 e. The molecule has 2 N–H and O–H groups in total. The van der Waals surface area contributed by atoms with Gasteiger partial charge in [-0.3, -0.25) is 0 Å². The molecule has 0 bridgehead atoms. The van der Waals surface area contributed by atoms with Gasteiger partial charge in [0.25, 0.3) is 0 Å². The van der Waals surface area contributed by atoms with E-state index in [1.807, 2.05) is 0 Å². The molecule has 0 unspecified atom stereocenters. The molecule has 1 nitrogen and oxygen atoms in total. The zero-order valence-electron chi connectivity index (χ0n) is 3.28. The Labute approximate surface area is 21.4 Å². The normalized spacial score (nSPS) is 1.50. The van der Waals surface area contributed by atoms with Crippen molar-refractivity contribution in [2.24, 2.45) is 5.73 Å². The topological polar surface area (TPSA) is 26.0 Å². The fourth-order valence-corrected chi connectivity index (χ4v) is 0. The summed E-state index contributed by atoms with van der Waals surface area (Å²) >= 11 is 0. The van der Waals surface area contributed by atoms with Crippen molar-refractivity contribution in [1.82, 2.24) is 0 Å². The Morgan fingerprint density at radius 1 is 1.25 bits per heavy atom. The van der Waals surface area contributed by atoms with E-state index in [0.717, 1.165) is 0 Å². The molecule has 4 heavy (non-hydrogen) atoms. The number of hydrogen-bond acceptors (Lipinski definition) is 1. The molecule has 0 radical (unpaired) electrons. The zero-order valence-corrected chi connectivity index (χ0v) is 9.72. The molecule has 0 aromatic heterocycles. The summed E-state index contributed by atoms with van der Waals surface area (Å²) in [5, 5.41) is 0. The van der Waals surface area contributed by atoms with Gasteiger partial charge in [0, 0.05) is 0 Å². The van der Waals surface area contributed by atoms with Crippen LogP contribution >= 0.6 is 0 Å². The Morgan fingerprint density at radius 3 is 1.25 bits per heavy atom. The van der Waals surface area contributed by atoms with Crippen LogP contribution in [0.4, 0.5) is 0 Å². The first-order valence-electron chi connectivity index (χ1n) is 0.577. The van der Waals surface area contributed by atoms with Crippen molar-refractivity contribution in [3.8, 4) is 0 Å². The molecule has 0 fully saturated rings. The van der Waals surface area contributed by atoms with Gasteiger partial charge in [0.1, 0.15) is 0 Å². The maximum absolute atomic E-state index is 4.50. The molecule has 0 heterocycles. The fraction of sp³-hybridized carbons (Fsp3) is 0.500. The molecule has 0 saturated carbocycles. The van der Waals surface area contributed by atoms with Gasteiger partial charge in [-0.2, -0.15) is 0 Å². The van der Waals surface area contributed by atoms with Crippen molar-refractivity contribution < 1.29 is 0 Å². The van der Waals surface area contributed by atoms with E-state index in [4.69, 9.17) is 0 Å². The third-order valence-electron chi connectivity index (χ3n) is 0. The molecule has 0 saturated heterocycles. The summed E-state index contributed by atoms with van der Waals surface area (Å²) in [4.78, 5) is 0. The first-order chi connectivity index (χ1) is 1.00. The van der Waals surface area contributed by atoms with Gasteiger partial charge in [-0.25, -0.2) is 0 Å². The second-order valence-electron chi connectivity index (χ2n) is 0. The molecule has 0 amide bonds. The Kier molecular flexibility index (Phi) is 2970. The van der Waals surface area contributed by atoms with Crippen molar-refractivity contribution >= 4 is 0 Å². The fourth-order valence-electron chi connectivity index (χ4n) is 0. The molecule has 0 aliphatic heterocycles. The predicted molar refractivity (Wildman–Crippen MR) is 16.5 cm³/mol. The molecule has 24 valence electrons. The molecule has 0 aromatic carbocycles. The summed E-state index contributed by atoms with van der Waals surface area (Å²) in [5.74, 6) is 0. The summed E-state index contributed by atoms with van der Waals surface area (Å²) < 4.78 is 0. The van der Waals surface area contributed by atoms with Crippen LogP contribution in [-0.2, 0) is 0 Å². The van der Waals surface area contributed by atoms with Crippen molar-refractivity contribution in [3.05, 3.63) is 7.43 Å². The van der Waals surface area contributed by atoms with Crippen LogP contribution in [0.3, 0.4) is 0 Å². The van der Waals surface area contributed by atoms with Crippen molar-refractivity contribution in [2.75, 3.05) is 7.05 Å². The number of nitrogens with two attached hydrogens (primary N) is 1. The standard InChI is InChI=1S/CH5N.CH3.Db/c1-2;;/h2H2,1H3;1H3;/q;-1;. The third-order valence-corrected chi connectivity index (χ3v) is 0. The predicted octanol–water partition coefficient (Wildman–Crippen LogP) is 0.0252. The van der Waals surface area contributed by atoms with E-state index in [1.165, 1.54) is 7.05 Å². The maximum atomic E-state index is 4.50. The van der Waals surface area contributed by atoms with Gasteiger partial charge in [0.2, 0.25) is 0 Å². The van der Waals surface area contributed by atoms with E-state index in [9.17, 15) is 0 Å². The van der Waals surface area contributed by atoms with E-state index >= 15 is 0 Å². The minimum absolute atomic E-state index is 0. The molecule has 0 aromatic rings. The summed E-state index contributed by atoms with van der Waals surface area (Å²) in [6.45, 7) is 0. The van der Waals surface area contributed by atoms with Crippen LogP contribution in [0.25, 0.3) is 0 Å². The first-order valence-corrected chi connectivity index (χ1v) is 0.577. The van der Waals surface area contributed by atoms with Crippen molar-refractivity contribution in [1.29, 1.82) is 0 Å². The van der Waals surface area contributed by atoms with Crippen LogP contribution in [0.1, 0.15) is 0 Å². The summed E-state index contributed by atoms with van der Waals surface area (Å²) in [7, 11) is 1.50. The number of rotatable bonds is 0.